The Labute approximate surface area is 173 Å². The number of hydrogen-bond acceptors (Lipinski definition) is 5. The molecule has 154 valence electrons. The van der Waals surface area contributed by atoms with Gasteiger partial charge in [-0.15, -0.1) is 0 Å². The van der Waals surface area contributed by atoms with Gasteiger partial charge in [0, 0.05) is 5.39 Å². The van der Waals surface area contributed by atoms with Gasteiger partial charge in [-0.1, -0.05) is 42.5 Å². The third-order valence-electron chi connectivity index (χ3n) is 5.22. The summed E-state index contributed by atoms with van der Waals surface area (Å²) in [7, 11) is 0. The second-order valence-corrected chi connectivity index (χ2v) is 7.45. The maximum absolute atomic E-state index is 12.3. The summed E-state index contributed by atoms with van der Waals surface area (Å²) in [4.78, 5) is 36.3. The molecule has 1 unspecified atom stereocenters. The zero-order valence-electron chi connectivity index (χ0n) is 16.5. The molecule has 2 aromatic carbocycles. The summed E-state index contributed by atoms with van der Waals surface area (Å²) in [6.07, 6.45) is 3.46. The lowest BCUT2D eigenvalue weighted by molar-refractivity contribution is -0.149. The maximum atomic E-state index is 12.3. The summed E-state index contributed by atoms with van der Waals surface area (Å²) in [5.41, 5.74) is 1.56. The van der Waals surface area contributed by atoms with E-state index in [9.17, 15) is 14.4 Å². The predicted molar refractivity (Wildman–Crippen MR) is 112 cm³/mol. The van der Waals surface area contributed by atoms with E-state index in [1.807, 2.05) is 36.4 Å². The molecule has 1 aliphatic carbocycles. The van der Waals surface area contributed by atoms with Crippen molar-refractivity contribution in [1.29, 1.82) is 0 Å². The molecule has 1 heterocycles. The van der Waals surface area contributed by atoms with Gasteiger partial charge in [0.1, 0.15) is 0 Å². The summed E-state index contributed by atoms with van der Waals surface area (Å²) >= 11 is 0. The standard InChI is InChI=1S/C23H23N3O4/c27-20-14-24-26(19-9-5-4-8-18(19)20)13-12-22(29)30-15-21(28)25-23(17-10-11-17)16-6-2-1-3-7-16/h1-9,14,17,23H,10-13,15H2,(H,25,28). The van der Waals surface area contributed by atoms with E-state index < -0.39 is 5.97 Å². The number of rotatable bonds is 8. The van der Waals surface area contributed by atoms with Crippen molar-refractivity contribution in [2.75, 3.05) is 6.61 Å². The highest BCUT2D eigenvalue weighted by atomic mass is 16.5. The molecule has 4 rings (SSSR count). The fraction of sp³-hybridized carbons (Fsp3) is 0.304. The molecule has 1 atom stereocenters. The number of esters is 1. The fourth-order valence-electron chi connectivity index (χ4n) is 3.53. The first kappa shape index (κ1) is 19.8. The molecule has 1 saturated carbocycles. The Morgan fingerprint density at radius 3 is 2.60 bits per heavy atom. The molecule has 1 N–H and O–H groups in total. The largest absolute Gasteiger partial charge is 0.456 e. The van der Waals surface area contributed by atoms with E-state index in [1.165, 1.54) is 6.20 Å². The first-order valence-corrected chi connectivity index (χ1v) is 10.1. The van der Waals surface area contributed by atoms with Gasteiger partial charge >= 0.3 is 5.97 Å². The predicted octanol–water partition coefficient (Wildman–Crippen LogP) is 2.60. The number of nitrogens with one attached hydrogen (secondary N) is 1. The Morgan fingerprint density at radius 2 is 1.83 bits per heavy atom. The van der Waals surface area contributed by atoms with Crippen molar-refractivity contribution in [3.63, 3.8) is 0 Å². The molecule has 1 aromatic heterocycles. The molecule has 0 bridgehead atoms. The van der Waals surface area contributed by atoms with Crippen molar-refractivity contribution in [2.24, 2.45) is 5.92 Å². The second kappa shape index (κ2) is 8.90. The van der Waals surface area contributed by atoms with Crippen molar-refractivity contribution in [2.45, 2.75) is 31.8 Å². The molecule has 7 nitrogen and oxygen atoms in total. The summed E-state index contributed by atoms with van der Waals surface area (Å²) in [5, 5.41) is 7.62. The highest BCUT2D eigenvalue weighted by Gasteiger charge is 2.33. The lowest BCUT2D eigenvalue weighted by Gasteiger charge is -2.18. The van der Waals surface area contributed by atoms with Crippen LogP contribution in [0.3, 0.4) is 0 Å². The summed E-state index contributed by atoms with van der Waals surface area (Å²) in [5.74, 6) is -0.361. The highest BCUT2D eigenvalue weighted by Crippen LogP contribution is 2.40. The number of ether oxygens (including phenoxy) is 1. The van der Waals surface area contributed by atoms with Crippen molar-refractivity contribution in [3.05, 3.63) is 76.6 Å². The molecular formula is C23H23N3O4. The lowest BCUT2D eigenvalue weighted by Crippen LogP contribution is -2.33. The number of aromatic nitrogens is 2. The minimum Gasteiger partial charge on any atom is -0.456 e. The average molecular weight is 405 g/mol. The quantitative estimate of drug-likeness (QED) is 0.582. The van der Waals surface area contributed by atoms with Gasteiger partial charge in [-0.3, -0.25) is 19.1 Å². The molecule has 0 radical (unpaired) electrons. The zero-order valence-corrected chi connectivity index (χ0v) is 16.5. The first-order valence-electron chi connectivity index (χ1n) is 10.1. The van der Waals surface area contributed by atoms with E-state index in [4.69, 9.17) is 4.74 Å². The number of fused-ring (bicyclic) bond motifs is 1. The van der Waals surface area contributed by atoms with Gasteiger partial charge in [-0.05, 0) is 36.5 Å². The number of hydrogen-bond donors (Lipinski definition) is 1. The van der Waals surface area contributed by atoms with Gasteiger partial charge in [0.2, 0.25) is 5.43 Å². The Balaban J connectivity index is 1.29. The fourth-order valence-corrected chi connectivity index (χ4v) is 3.53. The van der Waals surface area contributed by atoms with Crippen LogP contribution in [0.4, 0.5) is 0 Å². The summed E-state index contributed by atoms with van der Waals surface area (Å²) in [6.45, 7) is -0.0524. The van der Waals surface area contributed by atoms with Gasteiger partial charge < -0.3 is 10.1 Å². The highest BCUT2D eigenvalue weighted by molar-refractivity contribution is 5.81. The van der Waals surface area contributed by atoms with Crippen LogP contribution in [0.1, 0.15) is 30.9 Å². The number of aryl methyl sites for hydroxylation is 1. The molecule has 1 amide bonds. The molecule has 0 saturated heterocycles. The molecular weight excluding hydrogens is 382 g/mol. The Bertz CT molecular complexity index is 1110. The van der Waals surface area contributed by atoms with E-state index >= 15 is 0 Å². The third kappa shape index (κ3) is 4.74. The smallest absolute Gasteiger partial charge is 0.308 e. The van der Waals surface area contributed by atoms with Crippen LogP contribution in [0.2, 0.25) is 0 Å². The van der Waals surface area contributed by atoms with Crippen LogP contribution in [-0.4, -0.2) is 28.3 Å². The van der Waals surface area contributed by atoms with Crippen LogP contribution in [0.25, 0.3) is 10.9 Å². The van der Waals surface area contributed by atoms with Crippen molar-refractivity contribution in [1.82, 2.24) is 15.1 Å². The number of para-hydroxylation sites is 1. The minimum atomic E-state index is -0.489. The lowest BCUT2D eigenvalue weighted by atomic mass is 10.0. The first-order chi connectivity index (χ1) is 14.6. The molecule has 3 aromatic rings. The number of carbonyl (C=O) groups excluding carboxylic acids is 2. The minimum absolute atomic E-state index is 0.0471. The Hall–Kier alpha value is -3.48. The van der Waals surface area contributed by atoms with E-state index in [1.54, 1.807) is 22.9 Å². The van der Waals surface area contributed by atoms with Crippen LogP contribution in [0, 0.1) is 5.92 Å². The van der Waals surface area contributed by atoms with Crippen LogP contribution in [0.5, 0.6) is 0 Å². The monoisotopic (exact) mass is 405 g/mol. The molecule has 0 spiro atoms. The van der Waals surface area contributed by atoms with Crippen LogP contribution >= 0.6 is 0 Å². The molecule has 7 heteroatoms. The van der Waals surface area contributed by atoms with Crippen LogP contribution < -0.4 is 10.7 Å². The number of nitrogens with zero attached hydrogens (tertiary/aromatic N) is 2. The van der Waals surface area contributed by atoms with Crippen molar-refractivity contribution >= 4 is 22.8 Å². The number of amides is 1. The third-order valence-corrected chi connectivity index (χ3v) is 5.22. The van der Waals surface area contributed by atoms with Crippen molar-refractivity contribution in [3.8, 4) is 0 Å². The number of benzene rings is 2. The molecule has 30 heavy (non-hydrogen) atoms. The second-order valence-electron chi connectivity index (χ2n) is 7.45. The average Bonchev–Trinajstić information content (AvgIpc) is 3.62. The Kier molecular flexibility index (Phi) is 5.88. The Morgan fingerprint density at radius 1 is 1.10 bits per heavy atom. The number of carbonyl (C=O) groups is 2. The van der Waals surface area contributed by atoms with Crippen LogP contribution in [-0.2, 0) is 20.9 Å². The van der Waals surface area contributed by atoms with E-state index in [0.29, 0.717) is 16.8 Å². The SMILES string of the molecule is O=C(COC(=O)CCn1ncc(=O)c2ccccc21)NC(c1ccccc1)C1CC1. The maximum Gasteiger partial charge on any atom is 0.308 e. The van der Waals surface area contributed by atoms with E-state index in [-0.39, 0.29) is 37.0 Å². The normalized spacial score (nSPS) is 14.3. The van der Waals surface area contributed by atoms with Gasteiger partial charge in [0.25, 0.3) is 5.91 Å². The molecule has 1 fully saturated rings. The van der Waals surface area contributed by atoms with Gasteiger partial charge in [-0.25, -0.2) is 0 Å². The van der Waals surface area contributed by atoms with Crippen molar-refractivity contribution < 1.29 is 14.3 Å². The molecule has 0 aliphatic heterocycles. The molecule has 1 aliphatic rings. The van der Waals surface area contributed by atoms with Gasteiger partial charge in [-0.2, -0.15) is 5.10 Å². The zero-order chi connectivity index (χ0) is 20.9. The van der Waals surface area contributed by atoms with E-state index in [2.05, 4.69) is 10.4 Å². The topological polar surface area (TPSA) is 90.3 Å². The van der Waals surface area contributed by atoms with Crippen LogP contribution in [0.15, 0.2) is 65.6 Å². The van der Waals surface area contributed by atoms with E-state index in [0.717, 1.165) is 18.4 Å². The summed E-state index contributed by atoms with van der Waals surface area (Å²) in [6, 6.07) is 16.9. The van der Waals surface area contributed by atoms with Gasteiger partial charge in [0.15, 0.2) is 6.61 Å². The summed E-state index contributed by atoms with van der Waals surface area (Å²) < 4.78 is 6.74. The van der Waals surface area contributed by atoms with Gasteiger partial charge in [0.05, 0.1) is 30.7 Å².